The Kier molecular flexibility index (Phi) is 6.47. The highest BCUT2D eigenvalue weighted by atomic mass is 16.5. The number of benzene rings is 3. The van der Waals surface area contributed by atoms with E-state index in [2.05, 4.69) is 12.2 Å². The Morgan fingerprint density at radius 2 is 1.44 bits per heavy atom. The molecule has 3 aromatic carbocycles. The molecule has 1 N–H and O–H groups in total. The lowest BCUT2D eigenvalue weighted by molar-refractivity contribution is -0.116. The van der Waals surface area contributed by atoms with Gasteiger partial charge < -0.3 is 14.8 Å². The molecule has 0 bridgehead atoms. The number of carbonyl (C=O) groups is 1. The molecule has 1 amide bonds. The number of aryl methyl sites for hydroxylation is 1. The fourth-order valence-corrected chi connectivity index (χ4v) is 2.54. The van der Waals surface area contributed by atoms with E-state index < -0.39 is 0 Å². The highest BCUT2D eigenvalue weighted by Gasteiger charge is 2.04. The highest BCUT2D eigenvalue weighted by Crippen LogP contribution is 2.22. The second-order valence-corrected chi connectivity index (χ2v) is 6.08. The van der Waals surface area contributed by atoms with Crippen molar-refractivity contribution in [2.75, 3.05) is 11.9 Å². The van der Waals surface area contributed by atoms with Gasteiger partial charge in [-0.05, 0) is 60.5 Å². The van der Waals surface area contributed by atoms with Gasteiger partial charge >= 0.3 is 0 Å². The van der Waals surface area contributed by atoms with Gasteiger partial charge in [0.25, 0.3) is 0 Å². The van der Waals surface area contributed by atoms with Crippen molar-refractivity contribution in [2.45, 2.75) is 19.8 Å². The van der Waals surface area contributed by atoms with Crippen LogP contribution in [0.4, 0.5) is 5.69 Å². The Hall–Kier alpha value is -3.27. The summed E-state index contributed by atoms with van der Waals surface area (Å²) in [7, 11) is 0. The minimum atomic E-state index is -0.0862. The van der Waals surface area contributed by atoms with Crippen molar-refractivity contribution in [2.24, 2.45) is 0 Å². The molecule has 3 rings (SSSR count). The van der Waals surface area contributed by atoms with Crippen LogP contribution in [0.1, 0.15) is 18.9 Å². The first kappa shape index (κ1) is 18.5. The summed E-state index contributed by atoms with van der Waals surface area (Å²) in [5.74, 6) is 2.19. The summed E-state index contributed by atoms with van der Waals surface area (Å²) in [5.41, 5.74) is 1.99. The highest BCUT2D eigenvalue weighted by molar-refractivity contribution is 5.90. The maximum absolute atomic E-state index is 12.1. The van der Waals surface area contributed by atoms with E-state index in [0.717, 1.165) is 29.4 Å². The monoisotopic (exact) mass is 361 g/mol. The van der Waals surface area contributed by atoms with E-state index in [4.69, 9.17) is 9.47 Å². The van der Waals surface area contributed by atoms with Crippen LogP contribution in [0.3, 0.4) is 0 Å². The summed E-state index contributed by atoms with van der Waals surface area (Å²) >= 11 is 0. The molecule has 3 aromatic rings. The van der Waals surface area contributed by atoms with E-state index in [-0.39, 0.29) is 12.3 Å². The molecule has 0 fully saturated rings. The molecule has 0 aliphatic carbocycles. The summed E-state index contributed by atoms with van der Waals surface area (Å²) in [6, 6.07) is 24.8. The first-order chi connectivity index (χ1) is 13.2. The molecule has 0 spiro atoms. The van der Waals surface area contributed by atoms with Crippen LogP contribution in [-0.4, -0.2) is 12.5 Å². The second kappa shape index (κ2) is 9.43. The molecule has 0 aliphatic rings. The van der Waals surface area contributed by atoms with Crippen molar-refractivity contribution in [3.05, 3.63) is 84.4 Å². The molecular formula is C23H23NO3. The maximum atomic E-state index is 12.1. The Balaban J connectivity index is 1.43. The Morgan fingerprint density at radius 1 is 0.815 bits per heavy atom. The van der Waals surface area contributed by atoms with Crippen molar-refractivity contribution >= 4 is 11.6 Å². The molecule has 0 saturated carbocycles. The van der Waals surface area contributed by atoms with Gasteiger partial charge in [0.05, 0.1) is 13.0 Å². The fraction of sp³-hybridized carbons (Fsp3) is 0.174. The topological polar surface area (TPSA) is 47.6 Å². The molecule has 27 heavy (non-hydrogen) atoms. The number of carbonyl (C=O) groups excluding carboxylic acids is 1. The zero-order valence-electron chi connectivity index (χ0n) is 15.4. The van der Waals surface area contributed by atoms with Crippen LogP contribution in [0, 0.1) is 0 Å². The van der Waals surface area contributed by atoms with Gasteiger partial charge in [0.15, 0.2) is 0 Å². The molecular weight excluding hydrogens is 338 g/mol. The summed E-state index contributed by atoms with van der Waals surface area (Å²) in [4.78, 5) is 12.1. The van der Waals surface area contributed by atoms with E-state index in [9.17, 15) is 4.79 Å². The maximum Gasteiger partial charge on any atom is 0.227 e. The largest absolute Gasteiger partial charge is 0.493 e. The van der Waals surface area contributed by atoms with Crippen molar-refractivity contribution in [1.82, 2.24) is 0 Å². The van der Waals surface area contributed by atoms with E-state index in [1.165, 1.54) is 5.56 Å². The average Bonchev–Trinajstić information content (AvgIpc) is 2.71. The summed E-state index contributed by atoms with van der Waals surface area (Å²) in [6.07, 6.45) is 1.29. The molecule has 0 radical (unpaired) electrons. The van der Waals surface area contributed by atoms with Gasteiger partial charge in [-0.15, -0.1) is 0 Å². The van der Waals surface area contributed by atoms with Crippen molar-refractivity contribution in [1.29, 1.82) is 0 Å². The number of hydrogen-bond acceptors (Lipinski definition) is 3. The minimum Gasteiger partial charge on any atom is -0.493 e. The summed E-state index contributed by atoms with van der Waals surface area (Å²) < 4.78 is 11.4. The predicted octanol–water partition coefficient (Wildman–Crippen LogP) is 5.45. The molecule has 4 heteroatoms. The van der Waals surface area contributed by atoms with Gasteiger partial charge in [0.1, 0.15) is 17.2 Å². The third-order valence-corrected chi connectivity index (χ3v) is 4.05. The first-order valence-electron chi connectivity index (χ1n) is 9.07. The average molecular weight is 361 g/mol. The number of ether oxygens (including phenoxy) is 2. The van der Waals surface area contributed by atoms with Crippen molar-refractivity contribution < 1.29 is 14.3 Å². The van der Waals surface area contributed by atoms with Crippen LogP contribution >= 0.6 is 0 Å². The SMILES string of the molecule is CCc1ccc(OCCC(=O)Nc2ccc(Oc3ccccc3)cc2)cc1. The van der Waals surface area contributed by atoms with Gasteiger partial charge in [-0.2, -0.15) is 0 Å². The molecule has 138 valence electrons. The Bertz CT molecular complexity index is 843. The number of amides is 1. The minimum absolute atomic E-state index is 0.0862. The number of nitrogens with one attached hydrogen (secondary N) is 1. The number of para-hydroxylation sites is 1. The fourth-order valence-electron chi connectivity index (χ4n) is 2.54. The molecule has 4 nitrogen and oxygen atoms in total. The summed E-state index contributed by atoms with van der Waals surface area (Å²) in [6.45, 7) is 2.45. The lowest BCUT2D eigenvalue weighted by atomic mass is 10.2. The van der Waals surface area contributed by atoms with Crippen molar-refractivity contribution in [3.63, 3.8) is 0 Å². The van der Waals surface area contributed by atoms with Gasteiger partial charge in [0, 0.05) is 5.69 Å². The smallest absolute Gasteiger partial charge is 0.227 e. The van der Waals surface area contributed by atoms with Crippen LogP contribution in [0.15, 0.2) is 78.9 Å². The van der Waals surface area contributed by atoms with Gasteiger partial charge in [-0.3, -0.25) is 4.79 Å². The van der Waals surface area contributed by atoms with Crippen LogP contribution in [-0.2, 0) is 11.2 Å². The zero-order chi connectivity index (χ0) is 18.9. The van der Waals surface area contributed by atoms with Crippen LogP contribution < -0.4 is 14.8 Å². The lowest BCUT2D eigenvalue weighted by Gasteiger charge is -2.09. The quantitative estimate of drug-likeness (QED) is 0.580. The molecule has 0 atom stereocenters. The van der Waals surface area contributed by atoms with Gasteiger partial charge in [-0.25, -0.2) is 0 Å². The third kappa shape index (κ3) is 5.89. The standard InChI is InChI=1S/C23H23NO3/c1-2-18-8-12-20(13-9-18)26-17-16-23(25)24-19-10-14-22(15-11-19)27-21-6-4-3-5-7-21/h3-15H,2,16-17H2,1H3,(H,24,25). The van der Waals surface area contributed by atoms with Crippen molar-refractivity contribution in [3.8, 4) is 17.2 Å². The van der Waals surface area contributed by atoms with Crippen LogP contribution in [0.5, 0.6) is 17.2 Å². The number of hydrogen-bond donors (Lipinski definition) is 1. The van der Waals surface area contributed by atoms with Gasteiger partial charge in [-0.1, -0.05) is 37.3 Å². The molecule has 0 heterocycles. The molecule has 0 aliphatic heterocycles. The predicted molar refractivity (Wildman–Crippen MR) is 108 cm³/mol. The third-order valence-electron chi connectivity index (χ3n) is 4.05. The van der Waals surface area contributed by atoms with E-state index in [1.807, 2.05) is 78.9 Å². The summed E-state index contributed by atoms with van der Waals surface area (Å²) in [5, 5.41) is 2.86. The Morgan fingerprint density at radius 3 is 2.11 bits per heavy atom. The van der Waals surface area contributed by atoms with Crippen LogP contribution in [0.2, 0.25) is 0 Å². The zero-order valence-corrected chi connectivity index (χ0v) is 15.4. The number of anilines is 1. The Labute approximate surface area is 159 Å². The van der Waals surface area contributed by atoms with E-state index in [1.54, 1.807) is 0 Å². The van der Waals surface area contributed by atoms with E-state index in [0.29, 0.717) is 6.61 Å². The molecule has 0 aromatic heterocycles. The van der Waals surface area contributed by atoms with Gasteiger partial charge in [0.2, 0.25) is 5.91 Å². The molecule has 0 unspecified atom stereocenters. The van der Waals surface area contributed by atoms with E-state index >= 15 is 0 Å². The normalized spacial score (nSPS) is 10.3. The molecule has 0 saturated heterocycles. The second-order valence-electron chi connectivity index (χ2n) is 6.08. The first-order valence-corrected chi connectivity index (χ1v) is 9.07. The number of rotatable bonds is 8. The lowest BCUT2D eigenvalue weighted by Crippen LogP contribution is -2.15. The van der Waals surface area contributed by atoms with Crippen LogP contribution in [0.25, 0.3) is 0 Å².